The lowest BCUT2D eigenvalue weighted by Gasteiger charge is -2.20. The van der Waals surface area contributed by atoms with Crippen LogP contribution in [0.3, 0.4) is 0 Å². The normalized spacial score (nSPS) is 12.1. The number of carbonyl (C=O) groups excluding carboxylic acids is 1. The summed E-state index contributed by atoms with van der Waals surface area (Å²) in [6.45, 7) is 6.75. The van der Waals surface area contributed by atoms with Gasteiger partial charge in [0.1, 0.15) is 18.4 Å². The van der Waals surface area contributed by atoms with Crippen LogP contribution >= 0.6 is 11.3 Å². The molecule has 3 N–H and O–H groups in total. The Morgan fingerprint density at radius 2 is 1.79 bits per heavy atom. The van der Waals surface area contributed by atoms with E-state index < -0.39 is 18.0 Å². The highest BCUT2D eigenvalue weighted by Crippen LogP contribution is 2.32. The number of hydrogen-bond acceptors (Lipinski definition) is 5. The number of ether oxygens (including phenoxy) is 1. The van der Waals surface area contributed by atoms with Gasteiger partial charge in [-0.1, -0.05) is 81.0 Å². The van der Waals surface area contributed by atoms with E-state index in [-0.39, 0.29) is 5.41 Å². The van der Waals surface area contributed by atoms with E-state index in [1.165, 1.54) is 11.3 Å². The molecule has 0 saturated carbocycles. The number of carbonyl (C=O) groups is 2. The summed E-state index contributed by atoms with van der Waals surface area (Å²) in [5.41, 5.74) is 2.09. The van der Waals surface area contributed by atoms with Gasteiger partial charge >= 0.3 is 6.09 Å². The first-order valence-corrected chi connectivity index (χ1v) is 12.1. The van der Waals surface area contributed by atoms with Gasteiger partial charge in [-0.25, -0.2) is 9.78 Å². The van der Waals surface area contributed by atoms with Crippen molar-refractivity contribution in [3.05, 3.63) is 66.4 Å². The molecule has 1 atom stereocenters. The van der Waals surface area contributed by atoms with Gasteiger partial charge in [0.05, 0.1) is 4.88 Å². The molecular weight excluding hydrogens is 450 g/mol. The van der Waals surface area contributed by atoms with E-state index in [1.807, 2.05) is 54.6 Å². The lowest BCUT2D eigenvalue weighted by molar-refractivity contribution is -0.118. The van der Waals surface area contributed by atoms with Crippen LogP contribution in [0.15, 0.2) is 60.8 Å². The number of thiazole rings is 1. The standard InChI is InChI=1S/C26H31N3O4S/c1-26(2,3)15-9-14-21(28-25(31)32)23(30)29-24-27-16-22(34-24)20-13-8-7-10-18(20)17-33-19-11-5-4-6-12-19/h4-8,10-13,16,21,28H,9,14-15,17H2,1-3H3,(H,31,32)(H,27,29,30)/t21-/m0/s1. The van der Waals surface area contributed by atoms with Crippen LogP contribution in [0.2, 0.25) is 0 Å². The number of aromatic nitrogens is 1. The third-order valence-electron chi connectivity index (χ3n) is 5.19. The summed E-state index contributed by atoms with van der Waals surface area (Å²) in [4.78, 5) is 29.2. The van der Waals surface area contributed by atoms with Crippen LogP contribution in [0.5, 0.6) is 5.75 Å². The predicted octanol–water partition coefficient (Wildman–Crippen LogP) is 6.18. The number of nitrogens with zero attached hydrogens (tertiary/aromatic N) is 1. The minimum absolute atomic E-state index is 0.117. The maximum Gasteiger partial charge on any atom is 0.405 e. The summed E-state index contributed by atoms with van der Waals surface area (Å²) >= 11 is 1.34. The van der Waals surface area contributed by atoms with Gasteiger partial charge in [0.2, 0.25) is 5.91 Å². The Kier molecular flexibility index (Phi) is 8.65. The SMILES string of the molecule is CC(C)(C)CCC[C@H](NC(=O)O)C(=O)Nc1ncc(-c2ccccc2COc2ccccc2)s1. The summed E-state index contributed by atoms with van der Waals surface area (Å²) in [5, 5.41) is 14.7. The molecule has 34 heavy (non-hydrogen) atoms. The molecule has 0 unspecified atom stereocenters. The minimum Gasteiger partial charge on any atom is -0.489 e. The van der Waals surface area contributed by atoms with Crippen LogP contribution in [0.25, 0.3) is 10.4 Å². The molecule has 0 spiro atoms. The quantitative estimate of drug-likeness (QED) is 0.321. The van der Waals surface area contributed by atoms with Crippen LogP contribution in [-0.4, -0.2) is 28.1 Å². The number of anilines is 1. The van der Waals surface area contributed by atoms with Crippen molar-refractivity contribution in [1.29, 1.82) is 0 Å². The Balaban J connectivity index is 1.67. The summed E-state index contributed by atoms with van der Waals surface area (Å²) in [7, 11) is 0. The van der Waals surface area contributed by atoms with E-state index in [9.17, 15) is 9.59 Å². The molecule has 2 amide bonds. The average molecular weight is 482 g/mol. The fraction of sp³-hybridized carbons (Fsp3) is 0.346. The molecule has 0 aliphatic rings. The van der Waals surface area contributed by atoms with E-state index in [1.54, 1.807) is 6.20 Å². The van der Waals surface area contributed by atoms with Crippen molar-refractivity contribution < 1.29 is 19.4 Å². The summed E-state index contributed by atoms with van der Waals surface area (Å²) < 4.78 is 5.91. The number of nitrogens with one attached hydrogen (secondary N) is 2. The molecule has 0 saturated heterocycles. The summed E-state index contributed by atoms with van der Waals surface area (Å²) in [6, 6.07) is 16.7. The van der Waals surface area contributed by atoms with E-state index >= 15 is 0 Å². The fourth-order valence-corrected chi connectivity index (χ4v) is 4.35. The second kappa shape index (κ2) is 11.7. The maximum absolute atomic E-state index is 12.8. The van der Waals surface area contributed by atoms with Gasteiger partial charge in [-0.2, -0.15) is 0 Å². The molecule has 0 radical (unpaired) electrons. The number of amides is 2. The number of hydrogen-bond donors (Lipinski definition) is 3. The molecule has 0 aliphatic carbocycles. The second-order valence-corrected chi connectivity index (χ2v) is 10.3. The van der Waals surface area contributed by atoms with E-state index in [4.69, 9.17) is 9.84 Å². The third-order valence-corrected chi connectivity index (χ3v) is 6.14. The van der Waals surface area contributed by atoms with Crippen molar-refractivity contribution in [3.63, 3.8) is 0 Å². The number of para-hydroxylation sites is 1. The van der Waals surface area contributed by atoms with E-state index in [0.717, 1.165) is 34.6 Å². The Labute approximate surface area is 204 Å². The zero-order chi connectivity index (χ0) is 24.6. The van der Waals surface area contributed by atoms with Crippen molar-refractivity contribution in [2.24, 2.45) is 5.41 Å². The van der Waals surface area contributed by atoms with Gasteiger partial charge in [0.15, 0.2) is 5.13 Å². The van der Waals surface area contributed by atoms with Crippen molar-refractivity contribution in [1.82, 2.24) is 10.3 Å². The Morgan fingerprint density at radius 1 is 1.09 bits per heavy atom. The summed E-state index contributed by atoms with van der Waals surface area (Å²) in [5.74, 6) is 0.385. The smallest absolute Gasteiger partial charge is 0.405 e. The monoisotopic (exact) mass is 481 g/mol. The van der Waals surface area contributed by atoms with E-state index in [0.29, 0.717) is 18.2 Å². The minimum atomic E-state index is -1.22. The molecule has 0 fully saturated rings. The average Bonchev–Trinajstić information content (AvgIpc) is 3.25. The van der Waals surface area contributed by atoms with Crippen molar-refractivity contribution in [2.75, 3.05) is 5.32 Å². The summed E-state index contributed by atoms with van der Waals surface area (Å²) in [6.07, 6.45) is 2.54. The van der Waals surface area contributed by atoms with Gasteiger partial charge in [-0.3, -0.25) is 4.79 Å². The molecule has 1 heterocycles. The van der Waals surface area contributed by atoms with Crippen LogP contribution < -0.4 is 15.4 Å². The van der Waals surface area contributed by atoms with Crippen molar-refractivity contribution in [2.45, 2.75) is 52.7 Å². The van der Waals surface area contributed by atoms with Gasteiger partial charge in [0.25, 0.3) is 0 Å². The number of carboxylic acid groups (broad SMARTS) is 1. The molecule has 3 aromatic rings. The highest BCUT2D eigenvalue weighted by molar-refractivity contribution is 7.19. The Hall–Kier alpha value is -3.39. The Morgan fingerprint density at radius 3 is 2.50 bits per heavy atom. The molecule has 7 nitrogen and oxygen atoms in total. The molecule has 2 aromatic carbocycles. The predicted molar refractivity (Wildman–Crippen MR) is 135 cm³/mol. The second-order valence-electron chi connectivity index (χ2n) is 9.23. The van der Waals surface area contributed by atoms with Crippen LogP contribution in [-0.2, 0) is 11.4 Å². The molecule has 0 bridgehead atoms. The van der Waals surface area contributed by atoms with Gasteiger partial charge in [-0.15, -0.1) is 0 Å². The maximum atomic E-state index is 12.8. The van der Waals surface area contributed by atoms with Crippen molar-refractivity contribution >= 4 is 28.5 Å². The van der Waals surface area contributed by atoms with Crippen LogP contribution in [0.4, 0.5) is 9.93 Å². The van der Waals surface area contributed by atoms with Gasteiger partial charge in [0, 0.05) is 6.20 Å². The first-order chi connectivity index (χ1) is 16.2. The van der Waals surface area contributed by atoms with E-state index in [2.05, 4.69) is 36.4 Å². The molecule has 1 aromatic heterocycles. The number of benzene rings is 2. The first kappa shape index (κ1) is 25.2. The zero-order valence-electron chi connectivity index (χ0n) is 19.7. The molecular formula is C26H31N3O4S. The number of rotatable bonds is 10. The molecule has 180 valence electrons. The van der Waals surface area contributed by atoms with Gasteiger partial charge < -0.3 is 20.5 Å². The molecule has 0 aliphatic heterocycles. The fourth-order valence-electron chi connectivity index (χ4n) is 3.47. The zero-order valence-corrected chi connectivity index (χ0v) is 20.5. The van der Waals surface area contributed by atoms with Crippen molar-refractivity contribution in [3.8, 4) is 16.2 Å². The largest absolute Gasteiger partial charge is 0.489 e. The third kappa shape index (κ3) is 7.88. The lowest BCUT2D eigenvalue weighted by atomic mass is 9.89. The highest BCUT2D eigenvalue weighted by Gasteiger charge is 2.23. The molecule has 3 rings (SSSR count). The topological polar surface area (TPSA) is 101 Å². The first-order valence-electron chi connectivity index (χ1n) is 11.2. The lowest BCUT2D eigenvalue weighted by Crippen LogP contribution is -2.43. The Bertz CT molecular complexity index is 1090. The molecule has 8 heteroatoms. The van der Waals surface area contributed by atoms with Crippen LogP contribution in [0, 0.1) is 5.41 Å². The van der Waals surface area contributed by atoms with Crippen LogP contribution in [0.1, 0.15) is 45.6 Å². The highest BCUT2D eigenvalue weighted by atomic mass is 32.1. The van der Waals surface area contributed by atoms with Gasteiger partial charge in [-0.05, 0) is 41.5 Å².